The van der Waals surface area contributed by atoms with Crippen molar-refractivity contribution in [2.24, 2.45) is 0 Å². The maximum absolute atomic E-state index is 13.0. The smallest absolute Gasteiger partial charge is 0.254 e. The van der Waals surface area contributed by atoms with Gasteiger partial charge in [0.15, 0.2) is 0 Å². The van der Waals surface area contributed by atoms with Gasteiger partial charge in [-0.25, -0.2) is 0 Å². The Balaban J connectivity index is 1.30. The number of nitrogens with one attached hydrogen (secondary N) is 1. The highest BCUT2D eigenvalue weighted by Gasteiger charge is 2.31. The molecule has 5 heteroatoms. The van der Waals surface area contributed by atoms with E-state index in [1.807, 2.05) is 30.3 Å². The predicted molar refractivity (Wildman–Crippen MR) is 118 cm³/mol. The molecule has 2 fully saturated rings. The van der Waals surface area contributed by atoms with Crippen LogP contribution in [0.5, 0.6) is 0 Å². The Bertz CT molecular complexity index is 759. The third kappa shape index (κ3) is 4.89. The molecule has 0 radical (unpaired) electrons. The normalized spacial score (nSPS) is 19.9. The van der Waals surface area contributed by atoms with Crippen LogP contribution in [0.15, 0.2) is 54.6 Å². The number of benzene rings is 2. The number of likely N-dealkylation sites (tertiary alicyclic amines) is 2. The van der Waals surface area contributed by atoms with E-state index in [-0.39, 0.29) is 5.91 Å². The van der Waals surface area contributed by atoms with Crippen LogP contribution >= 0.6 is 11.9 Å². The summed E-state index contributed by atoms with van der Waals surface area (Å²) >= 11 is 1.67. The van der Waals surface area contributed by atoms with E-state index in [4.69, 9.17) is 0 Å². The molecule has 2 aromatic carbocycles. The Morgan fingerprint density at radius 2 is 1.71 bits per heavy atom. The highest BCUT2D eigenvalue weighted by molar-refractivity contribution is 7.99. The number of carbonyl (C=O) groups excluding carboxylic acids is 1. The summed E-state index contributed by atoms with van der Waals surface area (Å²) in [5.41, 5.74) is 3.13. The molecule has 28 heavy (non-hydrogen) atoms. The largest absolute Gasteiger partial charge is 0.334 e. The van der Waals surface area contributed by atoms with Crippen molar-refractivity contribution >= 4 is 23.5 Å². The van der Waals surface area contributed by atoms with Gasteiger partial charge in [-0.3, -0.25) is 4.79 Å². The second kappa shape index (κ2) is 9.48. The molecule has 0 aliphatic carbocycles. The van der Waals surface area contributed by atoms with Crippen LogP contribution in [0.2, 0.25) is 0 Å². The summed E-state index contributed by atoms with van der Waals surface area (Å²) in [6.45, 7) is 4.32. The number of nitrogens with zero attached hydrogens (tertiary/aromatic N) is 2. The molecule has 0 aromatic heterocycles. The summed E-state index contributed by atoms with van der Waals surface area (Å²) in [4.78, 5) is 17.6. The topological polar surface area (TPSA) is 35.6 Å². The van der Waals surface area contributed by atoms with Gasteiger partial charge in [-0.05, 0) is 80.5 Å². The minimum absolute atomic E-state index is 0.185. The van der Waals surface area contributed by atoms with Crippen molar-refractivity contribution in [2.45, 2.75) is 37.5 Å². The van der Waals surface area contributed by atoms with Gasteiger partial charge in [0.1, 0.15) is 0 Å². The summed E-state index contributed by atoms with van der Waals surface area (Å²) in [7, 11) is 0. The second-order valence-corrected chi connectivity index (χ2v) is 8.54. The van der Waals surface area contributed by atoms with Gasteiger partial charge in [0, 0.05) is 36.1 Å². The molecule has 4 nitrogen and oxygen atoms in total. The second-order valence-electron chi connectivity index (χ2n) is 7.76. The molecule has 2 aromatic rings. The first kappa shape index (κ1) is 19.3. The first-order valence-electron chi connectivity index (χ1n) is 10.3. The molecule has 1 amide bonds. The van der Waals surface area contributed by atoms with Crippen LogP contribution in [0, 0.1) is 0 Å². The van der Waals surface area contributed by atoms with Crippen LogP contribution in [0.3, 0.4) is 0 Å². The van der Waals surface area contributed by atoms with E-state index in [0.717, 1.165) is 42.9 Å². The van der Waals surface area contributed by atoms with Gasteiger partial charge in [0.25, 0.3) is 5.91 Å². The Morgan fingerprint density at radius 3 is 2.46 bits per heavy atom. The van der Waals surface area contributed by atoms with Gasteiger partial charge >= 0.3 is 0 Å². The van der Waals surface area contributed by atoms with Gasteiger partial charge in [0.2, 0.25) is 0 Å². The number of anilines is 1. The SMILES string of the molecule is O=C(c1ccc(NSCc2ccccc2)cc1)N1CCC[C@H]1CN1CCCC1. The van der Waals surface area contributed by atoms with Crippen LogP contribution in [0.25, 0.3) is 0 Å². The lowest BCUT2D eigenvalue weighted by Gasteiger charge is -2.28. The van der Waals surface area contributed by atoms with E-state index in [1.54, 1.807) is 11.9 Å². The van der Waals surface area contributed by atoms with Crippen molar-refractivity contribution in [3.05, 3.63) is 65.7 Å². The third-order valence-electron chi connectivity index (χ3n) is 5.71. The summed E-state index contributed by atoms with van der Waals surface area (Å²) in [6.07, 6.45) is 4.87. The monoisotopic (exact) mass is 395 g/mol. The molecule has 0 unspecified atom stereocenters. The zero-order valence-electron chi connectivity index (χ0n) is 16.3. The Labute approximate surface area is 172 Å². The van der Waals surface area contributed by atoms with Crippen molar-refractivity contribution in [1.82, 2.24) is 9.80 Å². The van der Waals surface area contributed by atoms with Crippen molar-refractivity contribution in [3.63, 3.8) is 0 Å². The number of carbonyl (C=O) groups is 1. The van der Waals surface area contributed by atoms with Crippen LogP contribution in [0.1, 0.15) is 41.6 Å². The van der Waals surface area contributed by atoms with Gasteiger partial charge in [0.05, 0.1) is 0 Å². The van der Waals surface area contributed by atoms with E-state index >= 15 is 0 Å². The molecular weight excluding hydrogens is 366 g/mol. The Morgan fingerprint density at radius 1 is 0.964 bits per heavy atom. The van der Waals surface area contributed by atoms with Gasteiger partial charge in [-0.2, -0.15) is 0 Å². The number of amides is 1. The molecule has 1 N–H and O–H groups in total. The fourth-order valence-electron chi connectivity index (χ4n) is 4.18. The minimum atomic E-state index is 0.185. The van der Waals surface area contributed by atoms with Crippen LogP contribution in [-0.2, 0) is 5.75 Å². The average molecular weight is 396 g/mol. The first-order valence-corrected chi connectivity index (χ1v) is 11.3. The van der Waals surface area contributed by atoms with Gasteiger partial charge in [-0.15, -0.1) is 0 Å². The van der Waals surface area contributed by atoms with Crippen molar-refractivity contribution in [2.75, 3.05) is 30.9 Å². The fraction of sp³-hybridized carbons (Fsp3) is 0.435. The average Bonchev–Trinajstić information content (AvgIpc) is 3.41. The van der Waals surface area contributed by atoms with Gasteiger partial charge < -0.3 is 14.5 Å². The van der Waals surface area contributed by atoms with E-state index in [2.05, 4.69) is 38.8 Å². The molecule has 0 spiro atoms. The predicted octanol–water partition coefficient (Wildman–Crippen LogP) is 4.65. The quantitative estimate of drug-likeness (QED) is 0.693. The summed E-state index contributed by atoms with van der Waals surface area (Å²) in [6, 6.07) is 18.7. The number of rotatable bonds is 7. The van der Waals surface area contributed by atoms with Gasteiger partial charge in [-0.1, -0.05) is 30.3 Å². The molecule has 0 saturated carbocycles. The zero-order valence-corrected chi connectivity index (χ0v) is 17.2. The van der Waals surface area contributed by atoms with Crippen LogP contribution < -0.4 is 4.72 Å². The summed E-state index contributed by atoms with van der Waals surface area (Å²) < 4.78 is 3.37. The lowest BCUT2D eigenvalue weighted by Crippen LogP contribution is -2.42. The van der Waals surface area contributed by atoms with Crippen molar-refractivity contribution < 1.29 is 4.79 Å². The van der Waals surface area contributed by atoms with Crippen LogP contribution in [-0.4, -0.2) is 47.9 Å². The molecular formula is C23H29N3OS. The zero-order chi connectivity index (χ0) is 19.2. The van der Waals surface area contributed by atoms with E-state index in [9.17, 15) is 4.79 Å². The van der Waals surface area contributed by atoms with Crippen molar-refractivity contribution in [1.29, 1.82) is 0 Å². The first-order chi connectivity index (χ1) is 13.8. The summed E-state index contributed by atoms with van der Waals surface area (Å²) in [5.74, 6) is 1.10. The molecule has 1 atom stereocenters. The Kier molecular flexibility index (Phi) is 6.55. The highest BCUT2D eigenvalue weighted by Crippen LogP contribution is 2.24. The molecule has 4 rings (SSSR count). The van der Waals surface area contributed by atoms with Crippen molar-refractivity contribution in [3.8, 4) is 0 Å². The molecule has 2 saturated heterocycles. The fourth-order valence-corrected chi connectivity index (χ4v) is 4.91. The van der Waals surface area contributed by atoms with Crippen LogP contribution in [0.4, 0.5) is 5.69 Å². The Hall–Kier alpha value is -1.98. The standard InChI is InChI=1S/C23H29N3OS/c27-23(26-16-6-9-22(26)17-25-14-4-5-15-25)20-10-12-21(13-11-20)24-28-18-19-7-2-1-3-8-19/h1-3,7-8,10-13,22,24H,4-6,9,14-18H2/t22-/m0/s1. The molecule has 2 aliphatic rings. The number of hydrogen-bond acceptors (Lipinski definition) is 4. The minimum Gasteiger partial charge on any atom is -0.334 e. The lowest BCUT2D eigenvalue weighted by atomic mass is 10.1. The molecule has 2 aliphatic heterocycles. The third-order valence-corrected chi connectivity index (χ3v) is 6.57. The lowest BCUT2D eigenvalue weighted by molar-refractivity contribution is 0.0709. The summed E-state index contributed by atoms with van der Waals surface area (Å²) in [5, 5.41) is 0. The molecule has 2 heterocycles. The molecule has 0 bridgehead atoms. The number of hydrogen-bond donors (Lipinski definition) is 1. The van der Waals surface area contributed by atoms with E-state index < -0.39 is 0 Å². The highest BCUT2D eigenvalue weighted by atomic mass is 32.2. The molecule has 148 valence electrons. The van der Waals surface area contributed by atoms with E-state index in [1.165, 1.54) is 31.5 Å². The maximum Gasteiger partial charge on any atom is 0.254 e. The van der Waals surface area contributed by atoms with E-state index in [0.29, 0.717) is 6.04 Å². The maximum atomic E-state index is 13.0.